The third kappa shape index (κ3) is 1.37. The maximum atomic E-state index is 12.9. The van der Waals surface area contributed by atoms with E-state index in [2.05, 4.69) is 5.32 Å². The summed E-state index contributed by atoms with van der Waals surface area (Å²) in [5.74, 6) is -0.533. The summed E-state index contributed by atoms with van der Waals surface area (Å²) < 4.78 is 36.8. The summed E-state index contributed by atoms with van der Waals surface area (Å²) in [6, 6.07) is 4.92. The Balaban J connectivity index is 2.78. The molecule has 0 fully saturated rings. The molecular weight excluding hydrogens is 231 g/mol. The smallest absolute Gasteiger partial charge is 0.220 e. The number of hydrogen-bond acceptors (Lipinski definition) is 4. The van der Waals surface area contributed by atoms with Crippen molar-refractivity contribution < 1.29 is 12.8 Å². The molecule has 1 N–H and O–H groups in total. The Morgan fingerprint density at radius 2 is 2.12 bits per heavy atom. The minimum atomic E-state index is -3.81. The third-order valence-corrected chi connectivity index (χ3v) is 4.13. The van der Waals surface area contributed by atoms with Crippen LogP contribution in [0, 0.1) is 17.1 Å². The third-order valence-electron chi connectivity index (χ3n) is 2.26. The number of hydrogen-bond donors (Lipinski definition) is 1. The zero-order chi connectivity index (χ0) is 11.9. The van der Waals surface area contributed by atoms with Gasteiger partial charge in [0, 0.05) is 5.70 Å². The molecule has 0 bridgehead atoms. The van der Waals surface area contributed by atoms with Crippen molar-refractivity contribution in [3.63, 3.8) is 0 Å². The molecular formula is C10H7FN2O2S. The molecule has 82 valence electrons. The molecule has 0 aromatic heterocycles. The Hall–Kier alpha value is -1.87. The Morgan fingerprint density at radius 1 is 1.44 bits per heavy atom. The Morgan fingerprint density at radius 3 is 2.75 bits per heavy atom. The lowest BCUT2D eigenvalue weighted by Gasteiger charge is -2.19. The maximum absolute atomic E-state index is 12.9. The normalized spacial score (nSPS) is 17.3. The lowest BCUT2D eigenvalue weighted by molar-refractivity contribution is 0.600. The zero-order valence-electron chi connectivity index (χ0n) is 8.28. The largest absolute Gasteiger partial charge is 0.356 e. The van der Waals surface area contributed by atoms with E-state index in [1.165, 1.54) is 6.92 Å². The van der Waals surface area contributed by atoms with E-state index >= 15 is 0 Å². The van der Waals surface area contributed by atoms with Crippen LogP contribution >= 0.6 is 0 Å². The van der Waals surface area contributed by atoms with Crippen molar-refractivity contribution in [1.29, 1.82) is 5.26 Å². The first-order valence-corrected chi connectivity index (χ1v) is 5.88. The fourth-order valence-electron chi connectivity index (χ4n) is 1.55. The van der Waals surface area contributed by atoms with Crippen LogP contribution in [-0.2, 0) is 9.84 Å². The second-order valence-corrected chi connectivity index (χ2v) is 5.19. The molecule has 0 saturated heterocycles. The highest BCUT2D eigenvalue weighted by Crippen LogP contribution is 2.34. The molecule has 1 aliphatic rings. The summed E-state index contributed by atoms with van der Waals surface area (Å²) >= 11 is 0. The van der Waals surface area contributed by atoms with E-state index in [9.17, 15) is 12.8 Å². The van der Waals surface area contributed by atoms with Gasteiger partial charge >= 0.3 is 0 Å². The Labute approximate surface area is 91.9 Å². The molecule has 1 aromatic rings. The Kier molecular flexibility index (Phi) is 2.21. The summed E-state index contributed by atoms with van der Waals surface area (Å²) in [6.45, 7) is 1.46. The van der Waals surface area contributed by atoms with Crippen LogP contribution < -0.4 is 5.32 Å². The first-order chi connectivity index (χ1) is 7.46. The van der Waals surface area contributed by atoms with Crippen molar-refractivity contribution in [2.24, 2.45) is 0 Å². The van der Waals surface area contributed by atoms with Crippen molar-refractivity contribution in [3.8, 4) is 6.07 Å². The van der Waals surface area contributed by atoms with E-state index in [0.717, 1.165) is 18.2 Å². The van der Waals surface area contributed by atoms with Crippen LogP contribution in [0.25, 0.3) is 0 Å². The number of halogens is 1. The number of anilines is 1. The second kappa shape index (κ2) is 3.32. The molecule has 1 aromatic carbocycles. The highest BCUT2D eigenvalue weighted by Gasteiger charge is 2.30. The highest BCUT2D eigenvalue weighted by molar-refractivity contribution is 7.95. The van der Waals surface area contributed by atoms with E-state index in [0.29, 0.717) is 0 Å². The monoisotopic (exact) mass is 238 g/mol. The molecule has 1 aliphatic heterocycles. The lowest BCUT2D eigenvalue weighted by atomic mass is 10.3. The molecule has 0 aliphatic carbocycles. The minimum absolute atomic E-state index is 0.0731. The fraction of sp³-hybridized carbons (Fsp3) is 0.100. The summed E-state index contributed by atoms with van der Waals surface area (Å²) in [6.07, 6.45) is 0. The number of benzene rings is 1. The topological polar surface area (TPSA) is 70.0 Å². The van der Waals surface area contributed by atoms with Gasteiger partial charge in [0.05, 0.1) is 10.6 Å². The standard InChI is InChI=1S/C10H7FN2O2S/c1-6-10(5-12)16(14,15)9-3-2-7(11)4-8(9)13-6/h2-4,13H,1H3. The molecule has 0 amide bonds. The highest BCUT2D eigenvalue weighted by atomic mass is 32.2. The summed E-state index contributed by atoms with van der Waals surface area (Å²) in [7, 11) is -3.81. The molecule has 0 unspecified atom stereocenters. The van der Waals surface area contributed by atoms with Crippen LogP contribution in [0.1, 0.15) is 6.92 Å². The van der Waals surface area contributed by atoms with Crippen LogP contribution in [0.15, 0.2) is 33.7 Å². The van der Waals surface area contributed by atoms with Crippen LogP contribution in [0.2, 0.25) is 0 Å². The van der Waals surface area contributed by atoms with E-state index in [1.807, 2.05) is 0 Å². The molecule has 4 nitrogen and oxygen atoms in total. The number of allylic oxidation sites excluding steroid dienone is 2. The molecule has 0 atom stereocenters. The number of nitrogens with zero attached hydrogens (tertiary/aromatic N) is 1. The van der Waals surface area contributed by atoms with Gasteiger partial charge in [-0.2, -0.15) is 5.26 Å². The van der Waals surface area contributed by atoms with Crippen LogP contribution in [-0.4, -0.2) is 8.42 Å². The Bertz CT molecular complexity index is 641. The molecule has 0 radical (unpaired) electrons. The molecule has 2 rings (SSSR count). The van der Waals surface area contributed by atoms with Gasteiger partial charge in [0.15, 0.2) is 4.91 Å². The van der Waals surface area contributed by atoms with Gasteiger partial charge in [0.25, 0.3) is 0 Å². The first-order valence-electron chi connectivity index (χ1n) is 4.39. The number of nitriles is 1. The van der Waals surface area contributed by atoms with Gasteiger partial charge in [-0.1, -0.05) is 0 Å². The summed E-state index contributed by atoms with van der Waals surface area (Å²) in [5.41, 5.74) is 0.372. The number of nitrogens with one attached hydrogen (secondary N) is 1. The van der Waals surface area contributed by atoms with Crippen LogP contribution in [0.4, 0.5) is 10.1 Å². The minimum Gasteiger partial charge on any atom is -0.356 e. The van der Waals surface area contributed by atoms with Gasteiger partial charge in [-0.15, -0.1) is 0 Å². The zero-order valence-corrected chi connectivity index (χ0v) is 9.10. The predicted molar refractivity (Wildman–Crippen MR) is 55.5 cm³/mol. The van der Waals surface area contributed by atoms with E-state index in [4.69, 9.17) is 5.26 Å². The average Bonchev–Trinajstić information content (AvgIpc) is 2.16. The quantitative estimate of drug-likeness (QED) is 0.699. The first kappa shape index (κ1) is 10.6. The van der Waals surface area contributed by atoms with Crippen molar-refractivity contribution in [3.05, 3.63) is 34.6 Å². The van der Waals surface area contributed by atoms with Gasteiger partial charge in [-0.3, -0.25) is 0 Å². The predicted octanol–water partition coefficient (Wildman–Crippen LogP) is 1.78. The number of fused-ring (bicyclic) bond motifs is 1. The van der Waals surface area contributed by atoms with Gasteiger partial charge in [0.1, 0.15) is 11.9 Å². The van der Waals surface area contributed by atoms with Crippen molar-refractivity contribution in [2.45, 2.75) is 11.8 Å². The van der Waals surface area contributed by atoms with E-state index in [1.54, 1.807) is 6.07 Å². The van der Waals surface area contributed by atoms with E-state index < -0.39 is 15.7 Å². The van der Waals surface area contributed by atoms with Gasteiger partial charge in [-0.25, -0.2) is 12.8 Å². The van der Waals surface area contributed by atoms with Crippen LogP contribution in [0.3, 0.4) is 0 Å². The summed E-state index contributed by atoms with van der Waals surface area (Å²) in [5, 5.41) is 11.5. The fourth-order valence-corrected chi connectivity index (χ4v) is 2.99. The van der Waals surface area contributed by atoms with Gasteiger partial charge in [-0.05, 0) is 25.1 Å². The molecule has 6 heteroatoms. The molecule has 0 saturated carbocycles. The lowest BCUT2D eigenvalue weighted by Crippen LogP contribution is -2.17. The number of rotatable bonds is 0. The molecule has 1 heterocycles. The maximum Gasteiger partial charge on any atom is 0.220 e. The van der Waals surface area contributed by atoms with Crippen molar-refractivity contribution in [1.82, 2.24) is 0 Å². The van der Waals surface area contributed by atoms with Crippen molar-refractivity contribution in [2.75, 3.05) is 5.32 Å². The second-order valence-electron chi connectivity index (χ2n) is 3.33. The molecule has 0 spiro atoms. The van der Waals surface area contributed by atoms with Gasteiger partial charge < -0.3 is 5.32 Å². The summed E-state index contributed by atoms with van der Waals surface area (Å²) in [4.78, 5) is -0.400. The average molecular weight is 238 g/mol. The SMILES string of the molecule is CC1=C(C#N)S(=O)(=O)c2ccc(F)cc2N1. The van der Waals surface area contributed by atoms with Gasteiger partial charge in [0.2, 0.25) is 9.84 Å². The van der Waals surface area contributed by atoms with Crippen molar-refractivity contribution >= 4 is 15.5 Å². The molecule has 16 heavy (non-hydrogen) atoms. The van der Waals surface area contributed by atoms with E-state index in [-0.39, 0.29) is 21.2 Å². The van der Waals surface area contributed by atoms with Crippen LogP contribution in [0.5, 0.6) is 0 Å². The number of sulfone groups is 1.